The summed E-state index contributed by atoms with van der Waals surface area (Å²) in [6.45, 7) is 1.86. The van der Waals surface area contributed by atoms with Crippen LogP contribution in [0.5, 0.6) is 5.75 Å². The lowest BCUT2D eigenvalue weighted by atomic mass is 10.2. The Morgan fingerprint density at radius 2 is 2.21 bits per heavy atom. The van der Waals surface area contributed by atoms with Crippen LogP contribution < -0.4 is 10.2 Å². The van der Waals surface area contributed by atoms with Crippen molar-refractivity contribution in [1.29, 1.82) is 0 Å². The summed E-state index contributed by atoms with van der Waals surface area (Å²) in [6.07, 6.45) is 2.70. The van der Waals surface area contributed by atoms with Crippen molar-refractivity contribution < 1.29 is 9.53 Å². The second-order valence-electron chi connectivity index (χ2n) is 3.82. The SMILES string of the molecule is CC[C@@H](Oc1cccc(Cl)c1)C(=O)Nn1cnnc1. The number of nitrogens with zero attached hydrogens (tertiary/aromatic N) is 3. The highest BCUT2D eigenvalue weighted by Gasteiger charge is 2.18. The van der Waals surface area contributed by atoms with E-state index in [1.807, 2.05) is 6.92 Å². The Balaban J connectivity index is 2.01. The van der Waals surface area contributed by atoms with Crippen molar-refractivity contribution in [2.75, 3.05) is 5.43 Å². The molecule has 1 amide bonds. The fraction of sp³-hybridized carbons (Fsp3) is 0.250. The lowest BCUT2D eigenvalue weighted by molar-refractivity contribution is -0.123. The Labute approximate surface area is 115 Å². The van der Waals surface area contributed by atoms with Crippen LogP contribution in [0, 0.1) is 0 Å². The van der Waals surface area contributed by atoms with Gasteiger partial charge in [0, 0.05) is 5.02 Å². The van der Waals surface area contributed by atoms with Crippen LogP contribution >= 0.6 is 11.6 Å². The van der Waals surface area contributed by atoms with Crippen LogP contribution in [0.4, 0.5) is 0 Å². The summed E-state index contributed by atoms with van der Waals surface area (Å²) >= 11 is 5.86. The first kappa shape index (κ1) is 13.4. The summed E-state index contributed by atoms with van der Waals surface area (Å²) in [6, 6.07) is 6.92. The van der Waals surface area contributed by atoms with E-state index in [4.69, 9.17) is 16.3 Å². The molecule has 0 aliphatic carbocycles. The van der Waals surface area contributed by atoms with Gasteiger partial charge in [0.05, 0.1) is 0 Å². The van der Waals surface area contributed by atoms with Crippen molar-refractivity contribution in [3.05, 3.63) is 41.9 Å². The number of nitrogens with one attached hydrogen (secondary N) is 1. The van der Waals surface area contributed by atoms with Crippen LogP contribution in [0.25, 0.3) is 0 Å². The van der Waals surface area contributed by atoms with Gasteiger partial charge >= 0.3 is 0 Å². The second kappa shape index (κ2) is 6.19. The van der Waals surface area contributed by atoms with E-state index in [9.17, 15) is 4.79 Å². The Bertz CT molecular complexity index is 544. The summed E-state index contributed by atoms with van der Waals surface area (Å²) in [4.78, 5) is 12.0. The molecule has 0 fully saturated rings. The van der Waals surface area contributed by atoms with Crippen molar-refractivity contribution >= 4 is 17.5 Å². The van der Waals surface area contributed by atoms with Gasteiger partial charge in [-0.25, -0.2) is 4.68 Å². The largest absolute Gasteiger partial charge is 0.480 e. The lowest BCUT2D eigenvalue weighted by Crippen LogP contribution is -2.36. The first-order valence-corrected chi connectivity index (χ1v) is 6.14. The molecule has 2 aromatic rings. The molecule has 1 heterocycles. The van der Waals surface area contributed by atoms with Gasteiger partial charge < -0.3 is 4.74 Å². The van der Waals surface area contributed by atoms with Crippen molar-refractivity contribution in [1.82, 2.24) is 14.9 Å². The number of carbonyl (C=O) groups excluding carboxylic acids is 1. The minimum absolute atomic E-state index is 0.276. The number of ether oxygens (including phenoxy) is 1. The van der Waals surface area contributed by atoms with Gasteiger partial charge in [-0.3, -0.25) is 10.2 Å². The van der Waals surface area contributed by atoms with Crippen LogP contribution in [0.1, 0.15) is 13.3 Å². The number of rotatable bonds is 5. The van der Waals surface area contributed by atoms with E-state index in [-0.39, 0.29) is 5.91 Å². The molecule has 1 aromatic carbocycles. The smallest absolute Gasteiger partial charge is 0.279 e. The Kier molecular flexibility index (Phi) is 4.35. The molecule has 0 aliphatic heterocycles. The normalized spacial score (nSPS) is 11.9. The molecule has 1 atom stereocenters. The molecule has 1 N–H and O–H groups in total. The third kappa shape index (κ3) is 3.69. The highest BCUT2D eigenvalue weighted by atomic mass is 35.5. The Morgan fingerprint density at radius 1 is 1.47 bits per heavy atom. The van der Waals surface area contributed by atoms with Crippen LogP contribution in [0.3, 0.4) is 0 Å². The minimum atomic E-state index is -0.610. The Morgan fingerprint density at radius 3 is 2.84 bits per heavy atom. The lowest BCUT2D eigenvalue weighted by Gasteiger charge is -2.17. The second-order valence-corrected chi connectivity index (χ2v) is 4.25. The first-order valence-electron chi connectivity index (χ1n) is 5.76. The highest BCUT2D eigenvalue weighted by Crippen LogP contribution is 2.19. The monoisotopic (exact) mass is 280 g/mol. The van der Waals surface area contributed by atoms with Crippen LogP contribution in [0.2, 0.25) is 5.02 Å². The number of carbonyl (C=O) groups is 1. The molecule has 0 saturated carbocycles. The number of aromatic nitrogens is 3. The van der Waals surface area contributed by atoms with Crippen LogP contribution in [-0.4, -0.2) is 26.9 Å². The maximum Gasteiger partial charge on any atom is 0.279 e. The van der Waals surface area contributed by atoms with Crippen molar-refractivity contribution in [2.24, 2.45) is 0 Å². The molecule has 0 unspecified atom stereocenters. The van der Waals surface area contributed by atoms with Crippen LogP contribution in [0.15, 0.2) is 36.9 Å². The summed E-state index contributed by atoms with van der Waals surface area (Å²) in [7, 11) is 0. The summed E-state index contributed by atoms with van der Waals surface area (Å²) in [5, 5.41) is 7.75. The molecule has 100 valence electrons. The zero-order valence-electron chi connectivity index (χ0n) is 10.3. The van der Waals surface area contributed by atoms with E-state index < -0.39 is 6.10 Å². The number of amides is 1. The summed E-state index contributed by atoms with van der Waals surface area (Å²) in [5.74, 6) is 0.278. The standard InChI is InChI=1S/C12H13ClN4O2/c1-2-11(12(18)16-17-7-14-15-8-17)19-10-5-3-4-9(13)6-10/h3-8,11H,2H2,1H3,(H,16,18)/t11-/m1/s1. The third-order valence-corrected chi connectivity index (χ3v) is 2.63. The first-order chi connectivity index (χ1) is 9.19. The molecule has 0 bridgehead atoms. The maximum absolute atomic E-state index is 12.0. The van der Waals surface area contributed by atoms with Gasteiger partial charge in [-0.15, -0.1) is 10.2 Å². The zero-order valence-corrected chi connectivity index (χ0v) is 11.0. The summed E-state index contributed by atoms with van der Waals surface area (Å²) < 4.78 is 6.97. The van der Waals surface area contributed by atoms with Gasteiger partial charge in [0.25, 0.3) is 5.91 Å². The predicted octanol–water partition coefficient (Wildman–Crippen LogP) is 1.86. The molecular formula is C12H13ClN4O2. The van der Waals surface area contributed by atoms with E-state index in [2.05, 4.69) is 15.6 Å². The molecule has 1 aromatic heterocycles. The number of benzene rings is 1. The van der Waals surface area contributed by atoms with Crippen molar-refractivity contribution in [2.45, 2.75) is 19.4 Å². The number of hydrogen-bond acceptors (Lipinski definition) is 4. The van der Waals surface area contributed by atoms with Gasteiger partial charge in [0.1, 0.15) is 18.4 Å². The zero-order chi connectivity index (χ0) is 13.7. The predicted molar refractivity (Wildman–Crippen MR) is 70.5 cm³/mol. The van der Waals surface area contributed by atoms with E-state index >= 15 is 0 Å². The van der Waals surface area contributed by atoms with Gasteiger partial charge in [-0.05, 0) is 24.6 Å². The van der Waals surface area contributed by atoms with Crippen molar-refractivity contribution in [3.8, 4) is 5.75 Å². The van der Waals surface area contributed by atoms with Gasteiger partial charge in [-0.1, -0.05) is 24.6 Å². The number of hydrogen-bond donors (Lipinski definition) is 1. The fourth-order valence-electron chi connectivity index (χ4n) is 1.48. The van der Waals surface area contributed by atoms with Crippen LogP contribution in [-0.2, 0) is 4.79 Å². The third-order valence-electron chi connectivity index (χ3n) is 2.40. The van der Waals surface area contributed by atoms with Gasteiger partial charge in [0.15, 0.2) is 6.10 Å². The highest BCUT2D eigenvalue weighted by molar-refractivity contribution is 6.30. The molecule has 0 radical (unpaired) electrons. The van der Waals surface area contributed by atoms with E-state index in [1.54, 1.807) is 24.3 Å². The molecular weight excluding hydrogens is 268 g/mol. The topological polar surface area (TPSA) is 69.0 Å². The van der Waals surface area contributed by atoms with Crippen molar-refractivity contribution in [3.63, 3.8) is 0 Å². The number of halogens is 1. The fourth-order valence-corrected chi connectivity index (χ4v) is 1.66. The maximum atomic E-state index is 12.0. The molecule has 2 rings (SSSR count). The summed E-state index contributed by atoms with van der Waals surface area (Å²) in [5.41, 5.74) is 2.60. The average molecular weight is 281 g/mol. The Hall–Kier alpha value is -2.08. The van der Waals surface area contributed by atoms with Gasteiger partial charge in [-0.2, -0.15) is 0 Å². The van der Waals surface area contributed by atoms with Gasteiger partial charge in [0.2, 0.25) is 0 Å². The van der Waals surface area contributed by atoms with E-state index in [1.165, 1.54) is 17.3 Å². The molecule has 0 saturated heterocycles. The molecule has 6 nitrogen and oxygen atoms in total. The van der Waals surface area contributed by atoms with E-state index in [0.717, 1.165) is 0 Å². The molecule has 0 aliphatic rings. The minimum Gasteiger partial charge on any atom is -0.480 e. The molecule has 0 spiro atoms. The molecule has 7 heteroatoms. The van der Waals surface area contributed by atoms with E-state index in [0.29, 0.717) is 17.2 Å². The molecule has 19 heavy (non-hydrogen) atoms. The average Bonchev–Trinajstić information content (AvgIpc) is 2.88. The quantitative estimate of drug-likeness (QED) is 0.908.